The number of ether oxygens (including phenoxy) is 3. The standard InChI is InChI=1S/C20H18N2O5S/c1-25-17-9-14(7-8-16(17)26-11-18(21)23)20(24)27-10-15-12-28-19(22-15)13-5-3-2-4-6-13/h2-9,12H,10-11H2,1H3,(H2,21,23). The summed E-state index contributed by atoms with van der Waals surface area (Å²) in [5, 5.41) is 2.72. The van der Waals surface area contributed by atoms with Crippen LogP contribution in [-0.2, 0) is 16.1 Å². The van der Waals surface area contributed by atoms with Crippen molar-refractivity contribution in [2.75, 3.05) is 13.7 Å². The lowest BCUT2D eigenvalue weighted by atomic mass is 10.2. The van der Waals surface area contributed by atoms with E-state index < -0.39 is 11.9 Å². The minimum absolute atomic E-state index is 0.0599. The maximum Gasteiger partial charge on any atom is 0.338 e. The highest BCUT2D eigenvalue weighted by molar-refractivity contribution is 7.13. The minimum Gasteiger partial charge on any atom is -0.493 e. The Morgan fingerprint density at radius 1 is 1.11 bits per heavy atom. The van der Waals surface area contributed by atoms with Gasteiger partial charge in [0, 0.05) is 10.9 Å². The van der Waals surface area contributed by atoms with Crippen molar-refractivity contribution in [1.29, 1.82) is 0 Å². The number of rotatable bonds is 8. The van der Waals surface area contributed by atoms with Crippen LogP contribution in [0.4, 0.5) is 0 Å². The number of carbonyl (C=O) groups excluding carboxylic acids is 2. The molecule has 2 N–H and O–H groups in total. The molecular formula is C20H18N2O5S. The van der Waals surface area contributed by atoms with Gasteiger partial charge in [-0.05, 0) is 18.2 Å². The summed E-state index contributed by atoms with van der Waals surface area (Å²) in [5.74, 6) is -0.515. The molecule has 1 heterocycles. The van der Waals surface area contributed by atoms with Crippen LogP contribution in [0.2, 0.25) is 0 Å². The molecule has 7 nitrogen and oxygen atoms in total. The van der Waals surface area contributed by atoms with Crippen LogP contribution < -0.4 is 15.2 Å². The van der Waals surface area contributed by atoms with Crippen molar-refractivity contribution >= 4 is 23.2 Å². The van der Waals surface area contributed by atoms with Crippen molar-refractivity contribution in [3.8, 4) is 22.1 Å². The molecule has 0 fully saturated rings. The number of amides is 1. The predicted octanol–water partition coefficient (Wildman–Crippen LogP) is 3.04. The Kier molecular flexibility index (Phi) is 6.23. The fraction of sp³-hybridized carbons (Fsp3) is 0.150. The molecule has 0 saturated carbocycles. The van der Waals surface area contributed by atoms with Gasteiger partial charge >= 0.3 is 5.97 Å². The van der Waals surface area contributed by atoms with Gasteiger partial charge in [0.05, 0.1) is 18.4 Å². The molecule has 0 aliphatic carbocycles. The van der Waals surface area contributed by atoms with Crippen LogP contribution >= 0.6 is 11.3 Å². The van der Waals surface area contributed by atoms with Gasteiger partial charge in [-0.1, -0.05) is 30.3 Å². The number of hydrogen-bond acceptors (Lipinski definition) is 7. The lowest BCUT2D eigenvalue weighted by Gasteiger charge is -2.11. The first kappa shape index (κ1) is 19.4. The van der Waals surface area contributed by atoms with E-state index in [1.165, 1.54) is 36.6 Å². The Hall–Kier alpha value is -3.39. The SMILES string of the molecule is COc1cc(C(=O)OCc2csc(-c3ccccc3)n2)ccc1OCC(N)=O. The maximum absolute atomic E-state index is 12.3. The molecule has 2 aromatic carbocycles. The minimum atomic E-state index is -0.608. The molecule has 0 aliphatic heterocycles. The Labute approximate surface area is 165 Å². The molecule has 0 saturated heterocycles. The molecule has 3 aromatic rings. The van der Waals surface area contributed by atoms with Crippen LogP contribution in [0.15, 0.2) is 53.9 Å². The number of nitrogens with two attached hydrogens (primary N) is 1. The fourth-order valence-electron chi connectivity index (χ4n) is 2.37. The molecule has 0 atom stereocenters. The fourth-order valence-corrected chi connectivity index (χ4v) is 3.18. The smallest absolute Gasteiger partial charge is 0.338 e. The molecule has 144 valence electrons. The van der Waals surface area contributed by atoms with Gasteiger partial charge in [0.15, 0.2) is 18.1 Å². The van der Waals surface area contributed by atoms with Gasteiger partial charge in [0.1, 0.15) is 11.6 Å². The molecule has 0 unspecified atom stereocenters. The van der Waals surface area contributed by atoms with E-state index in [9.17, 15) is 9.59 Å². The summed E-state index contributed by atoms with van der Waals surface area (Å²) in [6, 6.07) is 14.3. The molecule has 28 heavy (non-hydrogen) atoms. The van der Waals surface area contributed by atoms with E-state index in [4.69, 9.17) is 19.9 Å². The van der Waals surface area contributed by atoms with Gasteiger partial charge in [-0.2, -0.15) is 0 Å². The number of benzene rings is 2. The third-order valence-corrected chi connectivity index (χ3v) is 4.63. The number of thiazole rings is 1. The summed E-state index contributed by atoms with van der Waals surface area (Å²) >= 11 is 1.49. The van der Waals surface area contributed by atoms with Crippen LogP contribution in [-0.4, -0.2) is 30.6 Å². The average molecular weight is 398 g/mol. The molecular weight excluding hydrogens is 380 g/mol. The third kappa shape index (κ3) is 4.86. The Bertz CT molecular complexity index is 972. The second-order valence-corrected chi connectivity index (χ2v) is 6.56. The van der Waals surface area contributed by atoms with Crippen LogP contribution in [0.5, 0.6) is 11.5 Å². The van der Waals surface area contributed by atoms with E-state index in [-0.39, 0.29) is 13.2 Å². The highest BCUT2D eigenvalue weighted by Crippen LogP contribution is 2.28. The summed E-state index contributed by atoms with van der Waals surface area (Å²) in [5.41, 5.74) is 7.04. The molecule has 1 amide bonds. The second-order valence-electron chi connectivity index (χ2n) is 5.71. The summed E-state index contributed by atoms with van der Waals surface area (Å²) in [6.45, 7) is -0.224. The zero-order valence-electron chi connectivity index (χ0n) is 15.1. The lowest BCUT2D eigenvalue weighted by molar-refractivity contribution is -0.119. The first-order valence-corrected chi connectivity index (χ1v) is 9.21. The zero-order valence-corrected chi connectivity index (χ0v) is 15.9. The summed E-state index contributed by atoms with van der Waals surface area (Å²) < 4.78 is 15.8. The third-order valence-electron chi connectivity index (χ3n) is 3.69. The summed E-state index contributed by atoms with van der Waals surface area (Å²) in [4.78, 5) is 27.6. The van der Waals surface area contributed by atoms with E-state index in [2.05, 4.69) is 4.98 Å². The van der Waals surface area contributed by atoms with Gasteiger partial charge in [-0.25, -0.2) is 9.78 Å². The van der Waals surface area contributed by atoms with Crippen molar-refractivity contribution in [1.82, 2.24) is 4.98 Å². The quantitative estimate of drug-likeness (QED) is 0.585. The number of hydrogen-bond donors (Lipinski definition) is 1. The molecule has 8 heteroatoms. The van der Waals surface area contributed by atoms with E-state index >= 15 is 0 Å². The Balaban J connectivity index is 1.63. The summed E-state index contributed by atoms with van der Waals surface area (Å²) in [6.07, 6.45) is 0. The maximum atomic E-state index is 12.3. The number of primary amides is 1. The van der Waals surface area contributed by atoms with Gasteiger partial charge in [0.25, 0.3) is 5.91 Å². The number of esters is 1. The van der Waals surface area contributed by atoms with Crippen LogP contribution in [0.1, 0.15) is 16.1 Å². The number of nitrogens with zero attached hydrogens (tertiary/aromatic N) is 1. The first-order chi connectivity index (χ1) is 13.6. The summed E-state index contributed by atoms with van der Waals surface area (Å²) in [7, 11) is 1.43. The molecule has 0 spiro atoms. The first-order valence-electron chi connectivity index (χ1n) is 8.33. The van der Waals surface area contributed by atoms with Crippen LogP contribution in [0, 0.1) is 0 Å². The van der Waals surface area contributed by atoms with Crippen molar-refractivity contribution in [2.24, 2.45) is 5.73 Å². The van der Waals surface area contributed by atoms with Crippen LogP contribution in [0.3, 0.4) is 0 Å². The van der Waals surface area contributed by atoms with E-state index in [0.29, 0.717) is 22.8 Å². The van der Waals surface area contributed by atoms with Crippen molar-refractivity contribution in [2.45, 2.75) is 6.61 Å². The van der Waals surface area contributed by atoms with E-state index in [1.807, 2.05) is 35.7 Å². The molecule has 0 aliphatic rings. The van der Waals surface area contributed by atoms with Crippen molar-refractivity contribution < 1.29 is 23.8 Å². The average Bonchev–Trinajstić information content (AvgIpc) is 3.20. The Morgan fingerprint density at radius 3 is 2.61 bits per heavy atom. The molecule has 3 rings (SSSR count). The number of carbonyl (C=O) groups is 2. The molecule has 0 bridgehead atoms. The lowest BCUT2D eigenvalue weighted by Crippen LogP contribution is -2.20. The van der Waals surface area contributed by atoms with Crippen LogP contribution in [0.25, 0.3) is 10.6 Å². The zero-order chi connectivity index (χ0) is 19.9. The predicted molar refractivity (Wildman–Crippen MR) is 104 cm³/mol. The highest BCUT2D eigenvalue weighted by atomic mass is 32.1. The van der Waals surface area contributed by atoms with Gasteiger partial charge in [-0.3, -0.25) is 4.79 Å². The van der Waals surface area contributed by atoms with Gasteiger partial charge < -0.3 is 19.9 Å². The largest absolute Gasteiger partial charge is 0.493 e. The Morgan fingerprint density at radius 2 is 1.89 bits per heavy atom. The number of methoxy groups -OCH3 is 1. The van der Waals surface area contributed by atoms with Gasteiger partial charge in [0.2, 0.25) is 0 Å². The normalized spacial score (nSPS) is 10.3. The second kappa shape index (κ2) is 9.01. The monoisotopic (exact) mass is 398 g/mol. The topological polar surface area (TPSA) is 101 Å². The molecule has 1 aromatic heterocycles. The molecule has 0 radical (unpaired) electrons. The van der Waals surface area contributed by atoms with E-state index in [1.54, 1.807) is 0 Å². The van der Waals surface area contributed by atoms with Crippen molar-refractivity contribution in [3.05, 3.63) is 65.2 Å². The van der Waals surface area contributed by atoms with E-state index in [0.717, 1.165) is 10.6 Å². The van der Waals surface area contributed by atoms with Gasteiger partial charge in [-0.15, -0.1) is 11.3 Å². The number of aromatic nitrogens is 1. The van der Waals surface area contributed by atoms with Crippen molar-refractivity contribution in [3.63, 3.8) is 0 Å². The highest BCUT2D eigenvalue weighted by Gasteiger charge is 2.14.